The molecule has 150 valence electrons. The van der Waals surface area contributed by atoms with Crippen LogP contribution in [0.4, 0.5) is 5.82 Å². The second kappa shape index (κ2) is 8.43. The van der Waals surface area contributed by atoms with Gasteiger partial charge in [-0.25, -0.2) is 4.98 Å². The molecule has 3 heterocycles. The Kier molecular flexibility index (Phi) is 5.55. The summed E-state index contributed by atoms with van der Waals surface area (Å²) in [5.74, 6) is 2.04. The van der Waals surface area contributed by atoms with E-state index in [0.717, 1.165) is 42.9 Å². The fraction of sp³-hybridized carbons (Fsp3) is 0.364. The van der Waals surface area contributed by atoms with Gasteiger partial charge in [0.25, 0.3) is 5.89 Å². The second-order valence-corrected chi connectivity index (χ2v) is 7.32. The van der Waals surface area contributed by atoms with Gasteiger partial charge in [0, 0.05) is 37.3 Å². The maximum Gasteiger partial charge on any atom is 0.261 e. The zero-order valence-electron chi connectivity index (χ0n) is 16.8. The molecule has 1 amide bonds. The number of nitrogens with zero attached hydrogens (tertiary/aromatic N) is 4. The Bertz CT molecular complexity index is 975. The quantitative estimate of drug-likeness (QED) is 0.717. The summed E-state index contributed by atoms with van der Waals surface area (Å²) in [6, 6.07) is 11.8. The predicted octanol–water partition coefficient (Wildman–Crippen LogP) is 3.46. The van der Waals surface area contributed by atoms with Gasteiger partial charge in [-0.2, -0.15) is 4.98 Å². The number of carbonyl (C=O) groups is 1. The van der Waals surface area contributed by atoms with E-state index in [9.17, 15) is 4.79 Å². The van der Waals surface area contributed by atoms with Crippen molar-refractivity contribution in [2.75, 3.05) is 24.5 Å². The molecule has 1 saturated heterocycles. The monoisotopic (exact) mass is 391 g/mol. The number of benzene rings is 1. The van der Waals surface area contributed by atoms with Gasteiger partial charge in [0.15, 0.2) is 0 Å². The third-order valence-corrected chi connectivity index (χ3v) is 5.27. The van der Waals surface area contributed by atoms with Crippen LogP contribution in [-0.2, 0) is 4.79 Å². The van der Waals surface area contributed by atoms with E-state index in [4.69, 9.17) is 4.52 Å². The zero-order chi connectivity index (χ0) is 20.2. The summed E-state index contributed by atoms with van der Waals surface area (Å²) in [6.45, 7) is 6.20. The van der Waals surface area contributed by atoms with E-state index in [1.165, 1.54) is 5.56 Å². The minimum Gasteiger partial charge on any atom is -0.356 e. The van der Waals surface area contributed by atoms with Crippen LogP contribution in [0.3, 0.4) is 0 Å². The Morgan fingerprint density at radius 3 is 2.69 bits per heavy atom. The van der Waals surface area contributed by atoms with Gasteiger partial charge in [-0.3, -0.25) is 4.79 Å². The van der Waals surface area contributed by atoms with Crippen molar-refractivity contribution in [1.29, 1.82) is 0 Å². The summed E-state index contributed by atoms with van der Waals surface area (Å²) in [7, 11) is 0. The SMILES string of the molecule is CCNC(=O)C1CCN(c2ncccc2-c2nc(-c3ccc(C)cc3)no2)CC1. The Morgan fingerprint density at radius 2 is 1.97 bits per heavy atom. The van der Waals surface area contributed by atoms with Crippen LogP contribution in [0.15, 0.2) is 47.1 Å². The van der Waals surface area contributed by atoms with Crippen molar-refractivity contribution in [1.82, 2.24) is 20.4 Å². The van der Waals surface area contributed by atoms with Crippen LogP contribution in [0.5, 0.6) is 0 Å². The van der Waals surface area contributed by atoms with E-state index in [2.05, 4.69) is 25.3 Å². The van der Waals surface area contributed by atoms with Gasteiger partial charge in [0.2, 0.25) is 11.7 Å². The number of hydrogen-bond acceptors (Lipinski definition) is 6. The number of aromatic nitrogens is 3. The molecule has 1 N–H and O–H groups in total. The number of carbonyl (C=O) groups excluding carboxylic acids is 1. The summed E-state index contributed by atoms with van der Waals surface area (Å²) < 4.78 is 5.57. The summed E-state index contributed by atoms with van der Waals surface area (Å²) in [5, 5.41) is 7.07. The van der Waals surface area contributed by atoms with Crippen molar-refractivity contribution < 1.29 is 9.32 Å². The molecule has 7 heteroatoms. The number of amides is 1. The van der Waals surface area contributed by atoms with Crippen LogP contribution in [0.1, 0.15) is 25.3 Å². The van der Waals surface area contributed by atoms with Gasteiger partial charge < -0.3 is 14.7 Å². The molecular formula is C22H25N5O2. The molecule has 0 radical (unpaired) electrons. The lowest BCUT2D eigenvalue weighted by molar-refractivity contribution is -0.125. The molecular weight excluding hydrogens is 366 g/mol. The van der Waals surface area contributed by atoms with E-state index in [0.29, 0.717) is 18.3 Å². The average molecular weight is 391 g/mol. The fourth-order valence-electron chi connectivity index (χ4n) is 3.64. The number of anilines is 1. The van der Waals surface area contributed by atoms with Crippen LogP contribution < -0.4 is 10.2 Å². The average Bonchev–Trinajstić information content (AvgIpc) is 3.25. The molecule has 4 rings (SSSR count). The Hall–Kier alpha value is -3.22. The first-order valence-electron chi connectivity index (χ1n) is 10.0. The topological polar surface area (TPSA) is 84.2 Å². The molecule has 0 bridgehead atoms. The summed E-state index contributed by atoms with van der Waals surface area (Å²) in [6.07, 6.45) is 3.38. The van der Waals surface area contributed by atoms with Crippen LogP contribution in [0.2, 0.25) is 0 Å². The third-order valence-electron chi connectivity index (χ3n) is 5.27. The van der Waals surface area contributed by atoms with Crippen molar-refractivity contribution in [2.45, 2.75) is 26.7 Å². The standard InChI is InChI=1S/C22H25N5O2/c1-3-23-21(28)17-10-13-27(14-11-17)20-18(5-4-12-24-20)22-25-19(26-29-22)16-8-6-15(2)7-9-16/h4-9,12,17H,3,10-11,13-14H2,1-2H3,(H,23,28). The van der Waals surface area contributed by atoms with Crippen molar-refractivity contribution in [3.8, 4) is 22.8 Å². The van der Waals surface area contributed by atoms with Gasteiger partial charge in [-0.1, -0.05) is 35.0 Å². The molecule has 1 aliphatic heterocycles. The molecule has 29 heavy (non-hydrogen) atoms. The van der Waals surface area contributed by atoms with Gasteiger partial charge >= 0.3 is 0 Å². The van der Waals surface area contributed by atoms with Crippen LogP contribution >= 0.6 is 0 Å². The molecule has 0 saturated carbocycles. The number of nitrogens with one attached hydrogen (secondary N) is 1. The zero-order valence-corrected chi connectivity index (χ0v) is 16.8. The third kappa shape index (κ3) is 4.13. The number of aryl methyl sites for hydroxylation is 1. The lowest BCUT2D eigenvalue weighted by Gasteiger charge is -2.32. The molecule has 1 aliphatic rings. The lowest BCUT2D eigenvalue weighted by atomic mass is 9.95. The molecule has 0 unspecified atom stereocenters. The van der Waals surface area contributed by atoms with Crippen LogP contribution in [0, 0.1) is 12.8 Å². The van der Waals surface area contributed by atoms with Crippen molar-refractivity contribution in [3.05, 3.63) is 48.2 Å². The summed E-state index contributed by atoms with van der Waals surface area (Å²) >= 11 is 0. The smallest absolute Gasteiger partial charge is 0.261 e. The molecule has 0 atom stereocenters. The molecule has 3 aromatic rings. The highest BCUT2D eigenvalue weighted by molar-refractivity contribution is 5.79. The number of rotatable bonds is 5. The van der Waals surface area contributed by atoms with E-state index < -0.39 is 0 Å². The van der Waals surface area contributed by atoms with Gasteiger partial charge in [0.05, 0.1) is 5.56 Å². The van der Waals surface area contributed by atoms with Gasteiger partial charge in [0.1, 0.15) is 5.82 Å². The molecule has 0 spiro atoms. The van der Waals surface area contributed by atoms with Gasteiger partial charge in [-0.05, 0) is 38.8 Å². The minimum absolute atomic E-state index is 0.0647. The Balaban J connectivity index is 1.54. The Morgan fingerprint density at radius 1 is 1.21 bits per heavy atom. The number of hydrogen-bond donors (Lipinski definition) is 1. The van der Waals surface area contributed by atoms with E-state index in [1.54, 1.807) is 6.20 Å². The highest BCUT2D eigenvalue weighted by Crippen LogP contribution is 2.31. The molecule has 0 aliphatic carbocycles. The molecule has 1 aromatic carbocycles. The maximum atomic E-state index is 12.1. The first kappa shape index (κ1) is 19.1. The predicted molar refractivity (Wildman–Crippen MR) is 111 cm³/mol. The van der Waals surface area contributed by atoms with Crippen LogP contribution in [-0.4, -0.2) is 40.7 Å². The highest BCUT2D eigenvalue weighted by atomic mass is 16.5. The highest BCUT2D eigenvalue weighted by Gasteiger charge is 2.27. The van der Waals surface area contributed by atoms with Crippen molar-refractivity contribution in [3.63, 3.8) is 0 Å². The molecule has 7 nitrogen and oxygen atoms in total. The fourth-order valence-corrected chi connectivity index (χ4v) is 3.64. The summed E-state index contributed by atoms with van der Waals surface area (Å²) in [5.41, 5.74) is 2.91. The lowest BCUT2D eigenvalue weighted by Crippen LogP contribution is -2.41. The van der Waals surface area contributed by atoms with Crippen molar-refractivity contribution in [2.24, 2.45) is 5.92 Å². The molecule has 2 aromatic heterocycles. The number of piperidine rings is 1. The van der Waals surface area contributed by atoms with E-state index in [-0.39, 0.29) is 11.8 Å². The van der Waals surface area contributed by atoms with E-state index >= 15 is 0 Å². The maximum absolute atomic E-state index is 12.1. The summed E-state index contributed by atoms with van der Waals surface area (Å²) in [4.78, 5) is 23.5. The minimum atomic E-state index is 0.0647. The second-order valence-electron chi connectivity index (χ2n) is 7.32. The largest absolute Gasteiger partial charge is 0.356 e. The molecule has 1 fully saturated rings. The first-order chi connectivity index (χ1) is 14.2. The van der Waals surface area contributed by atoms with E-state index in [1.807, 2.05) is 50.2 Å². The van der Waals surface area contributed by atoms with Gasteiger partial charge in [-0.15, -0.1) is 0 Å². The van der Waals surface area contributed by atoms with Crippen LogP contribution in [0.25, 0.3) is 22.8 Å². The number of pyridine rings is 1. The normalized spacial score (nSPS) is 14.8. The first-order valence-corrected chi connectivity index (χ1v) is 10.0. The Labute approximate surface area is 170 Å². The van der Waals surface area contributed by atoms with Crippen molar-refractivity contribution >= 4 is 11.7 Å².